The van der Waals surface area contributed by atoms with Gasteiger partial charge in [-0.2, -0.15) is 0 Å². The lowest BCUT2D eigenvalue weighted by atomic mass is 10.4. The molecule has 0 radical (unpaired) electrons. The van der Waals surface area contributed by atoms with E-state index in [1.807, 2.05) is 13.8 Å². The largest absolute Gasteiger partial charge is 0.394 e. The highest BCUT2D eigenvalue weighted by Gasteiger charge is 2.06. The van der Waals surface area contributed by atoms with Crippen molar-refractivity contribution in [2.45, 2.75) is 26.6 Å². The number of aliphatic hydroxyl groups is 1. The summed E-state index contributed by atoms with van der Waals surface area (Å²) >= 11 is 0. The first-order valence-electron chi connectivity index (χ1n) is 5.97. The van der Waals surface area contributed by atoms with E-state index in [9.17, 15) is 0 Å². The second-order valence-corrected chi connectivity index (χ2v) is 3.21. The quantitative estimate of drug-likeness (QED) is 0.378. The second kappa shape index (κ2) is 12.9. The van der Waals surface area contributed by atoms with Crippen LogP contribution in [-0.4, -0.2) is 57.5 Å². The summed E-state index contributed by atoms with van der Waals surface area (Å²) in [6, 6.07) is 0. The van der Waals surface area contributed by atoms with Gasteiger partial charge in [0.25, 0.3) is 0 Å². The van der Waals surface area contributed by atoms with E-state index in [0.29, 0.717) is 26.4 Å². The van der Waals surface area contributed by atoms with Crippen molar-refractivity contribution in [3.63, 3.8) is 0 Å². The number of hydrogen-bond donors (Lipinski definition) is 2. The van der Waals surface area contributed by atoms with Crippen molar-refractivity contribution in [1.29, 1.82) is 0 Å². The highest BCUT2D eigenvalue weighted by Crippen LogP contribution is 1.99. The van der Waals surface area contributed by atoms with Crippen LogP contribution in [0.4, 0.5) is 0 Å². The fraction of sp³-hybridized carbons (Fsp3) is 1.00. The molecule has 0 aromatic carbocycles. The van der Waals surface area contributed by atoms with E-state index in [-0.39, 0.29) is 12.9 Å². The maximum Gasteiger partial charge on any atom is 0.158 e. The highest BCUT2D eigenvalue weighted by molar-refractivity contribution is 4.51. The molecule has 0 fully saturated rings. The minimum absolute atomic E-state index is 0.0801. The standard InChI is InChI=1S/C11H25NO4/c1-3-15-11(16-4-2)5-6-12-7-9-14-10-8-13/h11-13H,3-10H2,1-2H3. The summed E-state index contributed by atoms with van der Waals surface area (Å²) in [6.45, 7) is 7.99. The van der Waals surface area contributed by atoms with E-state index in [2.05, 4.69) is 5.32 Å². The van der Waals surface area contributed by atoms with Crippen molar-refractivity contribution in [3.05, 3.63) is 0 Å². The molecule has 0 bridgehead atoms. The van der Waals surface area contributed by atoms with E-state index in [0.717, 1.165) is 19.5 Å². The Labute approximate surface area is 98.1 Å². The van der Waals surface area contributed by atoms with Gasteiger partial charge in [-0.1, -0.05) is 0 Å². The Morgan fingerprint density at radius 3 is 2.31 bits per heavy atom. The van der Waals surface area contributed by atoms with E-state index in [1.165, 1.54) is 0 Å². The zero-order chi connectivity index (χ0) is 12.1. The molecule has 5 nitrogen and oxygen atoms in total. The molecule has 0 aliphatic rings. The van der Waals surface area contributed by atoms with Gasteiger partial charge in [0, 0.05) is 32.7 Å². The number of rotatable bonds is 12. The smallest absolute Gasteiger partial charge is 0.158 e. The Morgan fingerprint density at radius 2 is 1.75 bits per heavy atom. The Hall–Kier alpha value is -0.200. The summed E-state index contributed by atoms with van der Waals surface area (Å²) in [6.07, 6.45) is 0.725. The van der Waals surface area contributed by atoms with Crippen LogP contribution in [0.15, 0.2) is 0 Å². The molecule has 0 saturated heterocycles. The van der Waals surface area contributed by atoms with E-state index < -0.39 is 0 Å². The molecule has 98 valence electrons. The lowest BCUT2D eigenvalue weighted by molar-refractivity contribution is -0.138. The first-order valence-corrected chi connectivity index (χ1v) is 5.97. The maximum atomic E-state index is 8.48. The third kappa shape index (κ3) is 10.3. The normalized spacial score (nSPS) is 11.2. The van der Waals surface area contributed by atoms with Crippen molar-refractivity contribution in [2.75, 3.05) is 46.1 Å². The van der Waals surface area contributed by atoms with Crippen molar-refractivity contribution in [3.8, 4) is 0 Å². The highest BCUT2D eigenvalue weighted by atomic mass is 16.7. The van der Waals surface area contributed by atoms with Crippen molar-refractivity contribution in [2.24, 2.45) is 0 Å². The van der Waals surface area contributed by atoms with Crippen LogP contribution in [-0.2, 0) is 14.2 Å². The number of nitrogens with one attached hydrogen (secondary N) is 1. The Morgan fingerprint density at radius 1 is 1.06 bits per heavy atom. The molecule has 16 heavy (non-hydrogen) atoms. The average Bonchev–Trinajstić information content (AvgIpc) is 2.28. The summed E-state index contributed by atoms with van der Waals surface area (Å²) < 4.78 is 15.9. The lowest BCUT2D eigenvalue weighted by Gasteiger charge is -2.16. The third-order valence-corrected chi connectivity index (χ3v) is 1.92. The molecule has 2 N–H and O–H groups in total. The lowest BCUT2D eigenvalue weighted by Crippen LogP contribution is -2.27. The van der Waals surface area contributed by atoms with Crippen LogP contribution >= 0.6 is 0 Å². The summed E-state index contributed by atoms with van der Waals surface area (Å²) in [5.74, 6) is 0. The van der Waals surface area contributed by atoms with Gasteiger partial charge in [-0.3, -0.25) is 0 Å². The summed E-state index contributed by atoms with van der Waals surface area (Å²) in [4.78, 5) is 0. The molecule has 0 aliphatic heterocycles. The molecule has 0 unspecified atom stereocenters. The van der Waals surface area contributed by atoms with Crippen LogP contribution in [0.2, 0.25) is 0 Å². The number of ether oxygens (including phenoxy) is 3. The molecule has 0 aliphatic carbocycles. The molecule has 0 aromatic heterocycles. The zero-order valence-electron chi connectivity index (χ0n) is 10.4. The summed E-state index contributed by atoms with van der Waals surface area (Å²) in [5, 5.41) is 11.7. The third-order valence-electron chi connectivity index (χ3n) is 1.92. The topological polar surface area (TPSA) is 60.0 Å². The van der Waals surface area contributed by atoms with Crippen molar-refractivity contribution >= 4 is 0 Å². The fourth-order valence-electron chi connectivity index (χ4n) is 1.24. The fourth-order valence-corrected chi connectivity index (χ4v) is 1.24. The molecule has 0 aromatic rings. The molecule has 0 amide bonds. The number of hydrogen-bond acceptors (Lipinski definition) is 5. The predicted molar refractivity (Wildman–Crippen MR) is 62.4 cm³/mol. The summed E-state index contributed by atoms with van der Waals surface area (Å²) in [5.41, 5.74) is 0. The molecule has 0 atom stereocenters. The first kappa shape index (κ1) is 15.8. The van der Waals surface area contributed by atoms with E-state index >= 15 is 0 Å². The molecular formula is C11H25NO4. The van der Waals surface area contributed by atoms with Gasteiger partial charge in [-0.25, -0.2) is 0 Å². The average molecular weight is 235 g/mol. The van der Waals surface area contributed by atoms with Crippen LogP contribution in [0, 0.1) is 0 Å². The Kier molecular flexibility index (Phi) is 12.7. The predicted octanol–water partition coefficient (Wildman–Crippen LogP) is 0.374. The number of aliphatic hydroxyl groups excluding tert-OH is 1. The minimum atomic E-state index is -0.110. The van der Waals surface area contributed by atoms with Crippen LogP contribution in [0.5, 0.6) is 0 Å². The van der Waals surface area contributed by atoms with Crippen LogP contribution < -0.4 is 5.32 Å². The molecule has 5 heteroatoms. The Balaban J connectivity index is 3.25. The van der Waals surface area contributed by atoms with Gasteiger partial charge in [-0.05, 0) is 13.8 Å². The van der Waals surface area contributed by atoms with E-state index in [1.54, 1.807) is 0 Å². The van der Waals surface area contributed by atoms with Gasteiger partial charge in [0.15, 0.2) is 6.29 Å². The second-order valence-electron chi connectivity index (χ2n) is 3.21. The van der Waals surface area contributed by atoms with Crippen molar-refractivity contribution in [1.82, 2.24) is 5.32 Å². The first-order chi connectivity index (χ1) is 7.85. The molecule has 0 saturated carbocycles. The minimum Gasteiger partial charge on any atom is -0.394 e. The molecule has 0 spiro atoms. The van der Waals surface area contributed by atoms with Gasteiger partial charge in [-0.15, -0.1) is 0 Å². The van der Waals surface area contributed by atoms with Crippen LogP contribution in [0.3, 0.4) is 0 Å². The van der Waals surface area contributed by atoms with Gasteiger partial charge in [0.2, 0.25) is 0 Å². The molecular weight excluding hydrogens is 210 g/mol. The zero-order valence-corrected chi connectivity index (χ0v) is 10.4. The molecule has 0 heterocycles. The SMILES string of the molecule is CCOC(CCNCCOCCO)OCC. The molecule has 0 rings (SSSR count). The Bertz CT molecular complexity index is 129. The van der Waals surface area contributed by atoms with Gasteiger partial charge < -0.3 is 24.6 Å². The van der Waals surface area contributed by atoms with Gasteiger partial charge in [0.05, 0.1) is 19.8 Å². The summed E-state index contributed by atoms with van der Waals surface area (Å²) in [7, 11) is 0. The van der Waals surface area contributed by atoms with Crippen LogP contribution in [0.1, 0.15) is 20.3 Å². The van der Waals surface area contributed by atoms with Crippen molar-refractivity contribution < 1.29 is 19.3 Å². The van der Waals surface area contributed by atoms with Gasteiger partial charge in [0.1, 0.15) is 0 Å². The van der Waals surface area contributed by atoms with Crippen LogP contribution in [0.25, 0.3) is 0 Å². The monoisotopic (exact) mass is 235 g/mol. The maximum absolute atomic E-state index is 8.48. The van der Waals surface area contributed by atoms with Gasteiger partial charge >= 0.3 is 0 Å². The van der Waals surface area contributed by atoms with E-state index in [4.69, 9.17) is 19.3 Å².